The Bertz CT molecular complexity index is 485. The number of amides is 1. The van der Waals surface area contributed by atoms with Crippen molar-refractivity contribution in [1.82, 2.24) is 5.32 Å². The van der Waals surface area contributed by atoms with Gasteiger partial charge in [0.25, 0.3) is 0 Å². The van der Waals surface area contributed by atoms with Gasteiger partial charge in [0.15, 0.2) is 0 Å². The second-order valence-electron chi connectivity index (χ2n) is 5.55. The van der Waals surface area contributed by atoms with Crippen molar-refractivity contribution in [3.05, 3.63) is 33.8 Å². The number of hydrogen-bond acceptors (Lipinski definition) is 2. The Morgan fingerprint density at radius 1 is 1.30 bits per heavy atom. The van der Waals surface area contributed by atoms with E-state index in [1.165, 1.54) is 0 Å². The van der Waals surface area contributed by atoms with E-state index >= 15 is 0 Å². The monoisotopic (exact) mass is 315 g/mol. The zero-order valence-corrected chi connectivity index (χ0v) is 12.8. The van der Waals surface area contributed by atoms with Gasteiger partial charge in [0, 0.05) is 22.0 Å². The van der Waals surface area contributed by atoms with Gasteiger partial charge in [0.1, 0.15) is 0 Å². The van der Waals surface area contributed by atoms with Crippen molar-refractivity contribution in [2.75, 3.05) is 13.2 Å². The van der Waals surface area contributed by atoms with Crippen LogP contribution in [0.3, 0.4) is 0 Å². The summed E-state index contributed by atoms with van der Waals surface area (Å²) >= 11 is 11.9. The molecule has 0 unspecified atom stereocenters. The molecule has 1 aliphatic rings. The number of carbonyl (C=O) groups excluding carboxylic acids is 1. The van der Waals surface area contributed by atoms with Crippen LogP contribution in [0.25, 0.3) is 0 Å². The van der Waals surface area contributed by atoms with E-state index in [1.807, 2.05) is 0 Å². The highest BCUT2D eigenvalue weighted by molar-refractivity contribution is 6.35. The van der Waals surface area contributed by atoms with Gasteiger partial charge in [-0.05, 0) is 30.5 Å². The summed E-state index contributed by atoms with van der Waals surface area (Å²) in [6, 6.07) is 5.13. The summed E-state index contributed by atoms with van der Waals surface area (Å²) in [5, 5.41) is 13.5. The average molecular weight is 316 g/mol. The highest BCUT2D eigenvalue weighted by Crippen LogP contribution is 2.36. The van der Waals surface area contributed by atoms with Crippen LogP contribution in [0, 0.1) is 5.41 Å². The van der Waals surface area contributed by atoms with E-state index in [0.717, 1.165) is 31.2 Å². The standard InChI is InChI=1S/C15H19Cl2NO2/c16-12-4-3-11(13(17)8-12)7-14(20)18-9-15(10-19)5-1-2-6-15/h3-4,8,19H,1-2,5-7,9-10H2,(H,18,20). The summed E-state index contributed by atoms with van der Waals surface area (Å²) in [5.74, 6) is -0.0750. The van der Waals surface area contributed by atoms with Crippen LogP contribution in [0.5, 0.6) is 0 Å². The largest absolute Gasteiger partial charge is 0.396 e. The first-order valence-corrected chi connectivity index (χ1v) is 7.62. The molecule has 0 heterocycles. The molecule has 3 nitrogen and oxygen atoms in total. The minimum absolute atomic E-state index is 0.0750. The van der Waals surface area contributed by atoms with E-state index in [9.17, 15) is 9.90 Å². The van der Waals surface area contributed by atoms with Crippen molar-refractivity contribution >= 4 is 29.1 Å². The lowest BCUT2D eigenvalue weighted by Crippen LogP contribution is -2.38. The summed E-state index contributed by atoms with van der Waals surface area (Å²) in [5.41, 5.74) is 0.637. The molecule has 1 amide bonds. The smallest absolute Gasteiger partial charge is 0.224 e. The molecular weight excluding hydrogens is 297 g/mol. The van der Waals surface area contributed by atoms with E-state index in [-0.39, 0.29) is 24.3 Å². The molecule has 0 aromatic heterocycles. The van der Waals surface area contributed by atoms with Gasteiger partial charge < -0.3 is 10.4 Å². The van der Waals surface area contributed by atoms with Crippen LogP contribution >= 0.6 is 23.2 Å². The molecule has 1 saturated carbocycles. The number of halogens is 2. The molecule has 20 heavy (non-hydrogen) atoms. The first kappa shape index (κ1) is 15.6. The van der Waals surface area contributed by atoms with Gasteiger partial charge in [0.2, 0.25) is 5.91 Å². The first-order valence-electron chi connectivity index (χ1n) is 6.86. The van der Waals surface area contributed by atoms with Crippen LogP contribution in [-0.2, 0) is 11.2 Å². The normalized spacial score (nSPS) is 17.1. The molecule has 1 aromatic rings. The third kappa shape index (κ3) is 3.87. The molecule has 0 aliphatic heterocycles. The lowest BCUT2D eigenvalue weighted by atomic mass is 9.87. The summed E-state index contributed by atoms with van der Waals surface area (Å²) in [6.07, 6.45) is 4.44. The fraction of sp³-hybridized carbons (Fsp3) is 0.533. The van der Waals surface area contributed by atoms with Crippen LogP contribution in [0.4, 0.5) is 0 Å². The molecule has 2 rings (SSSR count). The van der Waals surface area contributed by atoms with Crippen molar-refractivity contribution in [3.63, 3.8) is 0 Å². The molecular formula is C15H19Cl2NO2. The van der Waals surface area contributed by atoms with Gasteiger partial charge in [-0.2, -0.15) is 0 Å². The Balaban J connectivity index is 1.89. The van der Waals surface area contributed by atoms with Crippen molar-refractivity contribution in [2.45, 2.75) is 32.1 Å². The molecule has 0 bridgehead atoms. The number of aliphatic hydroxyl groups is 1. The average Bonchev–Trinajstić information content (AvgIpc) is 2.89. The molecule has 1 aromatic carbocycles. The Kier molecular flexibility index (Phi) is 5.30. The number of carbonyl (C=O) groups is 1. The number of nitrogens with one attached hydrogen (secondary N) is 1. The van der Waals surface area contributed by atoms with Crippen molar-refractivity contribution in [1.29, 1.82) is 0 Å². The number of hydrogen-bond donors (Lipinski definition) is 2. The van der Waals surface area contributed by atoms with Gasteiger partial charge in [-0.1, -0.05) is 42.1 Å². The maximum absolute atomic E-state index is 12.0. The highest BCUT2D eigenvalue weighted by atomic mass is 35.5. The van der Waals surface area contributed by atoms with E-state index in [2.05, 4.69) is 5.32 Å². The van der Waals surface area contributed by atoms with E-state index in [1.54, 1.807) is 18.2 Å². The fourth-order valence-electron chi connectivity index (χ4n) is 2.70. The zero-order valence-electron chi connectivity index (χ0n) is 11.3. The Morgan fingerprint density at radius 2 is 2.00 bits per heavy atom. The summed E-state index contributed by atoms with van der Waals surface area (Å²) in [4.78, 5) is 12.0. The van der Waals surface area contributed by atoms with Crippen LogP contribution in [0.1, 0.15) is 31.2 Å². The van der Waals surface area contributed by atoms with Crippen molar-refractivity contribution in [3.8, 4) is 0 Å². The van der Waals surface area contributed by atoms with Crippen LogP contribution in [0.15, 0.2) is 18.2 Å². The Labute approximate surface area is 129 Å². The molecule has 1 fully saturated rings. The molecule has 1 aliphatic carbocycles. The number of aliphatic hydroxyl groups excluding tert-OH is 1. The maximum atomic E-state index is 12.0. The molecule has 2 N–H and O–H groups in total. The third-order valence-electron chi connectivity index (χ3n) is 4.03. The van der Waals surface area contributed by atoms with Gasteiger partial charge in [0.05, 0.1) is 13.0 Å². The lowest BCUT2D eigenvalue weighted by Gasteiger charge is -2.26. The predicted octanol–water partition coefficient (Wildman–Crippen LogP) is 3.20. The molecule has 0 radical (unpaired) electrons. The highest BCUT2D eigenvalue weighted by Gasteiger charge is 2.33. The van der Waals surface area contributed by atoms with Crippen LogP contribution in [0.2, 0.25) is 10.0 Å². The van der Waals surface area contributed by atoms with Crippen molar-refractivity contribution in [2.24, 2.45) is 5.41 Å². The molecule has 0 spiro atoms. The number of rotatable bonds is 5. The van der Waals surface area contributed by atoms with Gasteiger partial charge in [-0.15, -0.1) is 0 Å². The quantitative estimate of drug-likeness (QED) is 0.876. The second kappa shape index (κ2) is 6.79. The topological polar surface area (TPSA) is 49.3 Å². The van der Waals surface area contributed by atoms with Crippen molar-refractivity contribution < 1.29 is 9.90 Å². The third-order valence-corrected chi connectivity index (χ3v) is 4.61. The number of benzene rings is 1. The first-order chi connectivity index (χ1) is 9.54. The van der Waals surface area contributed by atoms with Crippen LogP contribution in [-0.4, -0.2) is 24.2 Å². The predicted molar refractivity (Wildman–Crippen MR) is 81.2 cm³/mol. The summed E-state index contributed by atoms with van der Waals surface area (Å²) in [6.45, 7) is 0.669. The summed E-state index contributed by atoms with van der Waals surface area (Å²) < 4.78 is 0. The molecule has 110 valence electrons. The molecule has 0 saturated heterocycles. The van der Waals surface area contributed by atoms with Gasteiger partial charge in [-0.3, -0.25) is 4.79 Å². The summed E-state index contributed by atoms with van der Waals surface area (Å²) in [7, 11) is 0. The Morgan fingerprint density at radius 3 is 2.60 bits per heavy atom. The minimum Gasteiger partial charge on any atom is -0.396 e. The van der Waals surface area contributed by atoms with E-state index in [0.29, 0.717) is 16.6 Å². The van der Waals surface area contributed by atoms with Gasteiger partial charge >= 0.3 is 0 Å². The second-order valence-corrected chi connectivity index (χ2v) is 6.40. The van der Waals surface area contributed by atoms with E-state index in [4.69, 9.17) is 23.2 Å². The van der Waals surface area contributed by atoms with Crippen LogP contribution < -0.4 is 5.32 Å². The lowest BCUT2D eigenvalue weighted by molar-refractivity contribution is -0.121. The Hall–Kier alpha value is -0.770. The van der Waals surface area contributed by atoms with E-state index < -0.39 is 0 Å². The molecule has 5 heteroatoms. The van der Waals surface area contributed by atoms with Gasteiger partial charge in [-0.25, -0.2) is 0 Å². The molecule has 0 atom stereocenters. The SMILES string of the molecule is O=C(Cc1ccc(Cl)cc1Cl)NCC1(CO)CCCC1. The maximum Gasteiger partial charge on any atom is 0.224 e. The minimum atomic E-state index is -0.126. The fourth-order valence-corrected chi connectivity index (χ4v) is 3.18. The zero-order chi connectivity index (χ0) is 14.6.